The van der Waals surface area contributed by atoms with Gasteiger partial charge in [0.05, 0.1) is 17.9 Å². The monoisotopic (exact) mass is 214 g/mol. The van der Waals surface area contributed by atoms with E-state index in [0.717, 1.165) is 11.4 Å². The van der Waals surface area contributed by atoms with E-state index >= 15 is 0 Å². The number of nitrogens with zero attached hydrogens (tertiary/aromatic N) is 2. The maximum Gasteiger partial charge on any atom is 0.149 e. The van der Waals surface area contributed by atoms with Crippen LogP contribution in [0, 0.1) is 6.92 Å². The third-order valence-corrected chi connectivity index (χ3v) is 2.22. The van der Waals surface area contributed by atoms with Crippen molar-refractivity contribution in [1.82, 2.24) is 9.97 Å². The Morgan fingerprint density at radius 1 is 1.25 bits per heavy atom. The molecule has 0 spiro atoms. The van der Waals surface area contributed by atoms with Crippen LogP contribution in [-0.4, -0.2) is 9.97 Å². The summed E-state index contributed by atoms with van der Waals surface area (Å²) in [6, 6.07) is 9.56. The topological polar surface area (TPSA) is 63.8 Å². The van der Waals surface area contributed by atoms with Gasteiger partial charge < -0.3 is 11.1 Å². The summed E-state index contributed by atoms with van der Waals surface area (Å²) in [5.41, 5.74) is 8.40. The lowest BCUT2D eigenvalue weighted by Gasteiger charge is -2.07. The summed E-state index contributed by atoms with van der Waals surface area (Å²) in [4.78, 5) is 8.54. The van der Waals surface area contributed by atoms with E-state index in [1.54, 1.807) is 6.20 Å². The van der Waals surface area contributed by atoms with Crippen LogP contribution in [-0.2, 0) is 6.54 Å². The summed E-state index contributed by atoms with van der Waals surface area (Å²) >= 11 is 0. The number of hydrogen-bond acceptors (Lipinski definition) is 4. The van der Waals surface area contributed by atoms with Gasteiger partial charge in [-0.05, 0) is 31.2 Å². The van der Waals surface area contributed by atoms with Crippen LogP contribution in [0.3, 0.4) is 0 Å². The number of nitrogens with one attached hydrogen (secondary N) is 1. The summed E-state index contributed by atoms with van der Waals surface area (Å²) in [5, 5.41) is 3.16. The first-order chi connectivity index (χ1) is 7.75. The Hall–Kier alpha value is -2.10. The molecule has 0 saturated heterocycles. The number of nitrogen functional groups attached to an aromatic ring is 1. The summed E-state index contributed by atoms with van der Waals surface area (Å²) in [6.07, 6.45) is 1.71. The molecule has 0 aliphatic heterocycles. The number of hydrogen-bond donors (Lipinski definition) is 2. The molecule has 0 amide bonds. The highest BCUT2D eigenvalue weighted by Crippen LogP contribution is 2.13. The zero-order valence-electron chi connectivity index (χ0n) is 9.14. The Kier molecular flexibility index (Phi) is 3.00. The maximum atomic E-state index is 5.77. The second-order valence-corrected chi connectivity index (χ2v) is 3.57. The van der Waals surface area contributed by atoms with E-state index in [1.165, 1.54) is 0 Å². The van der Waals surface area contributed by atoms with E-state index in [1.807, 2.05) is 37.3 Å². The predicted octanol–water partition coefficient (Wildman–Crippen LogP) is 1.98. The zero-order valence-corrected chi connectivity index (χ0v) is 9.14. The molecule has 0 atom stereocenters. The summed E-state index contributed by atoms with van der Waals surface area (Å²) in [6.45, 7) is 2.60. The minimum absolute atomic E-state index is 0.628. The Morgan fingerprint density at radius 3 is 2.88 bits per heavy atom. The lowest BCUT2D eigenvalue weighted by atomic mass is 10.3. The first-order valence-corrected chi connectivity index (χ1v) is 5.12. The molecule has 82 valence electrons. The molecule has 3 N–H and O–H groups in total. The van der Waals surface area contributed by atoms with Gasteiger partial charge in [-0.2, -0.15) is 0 Å². The third-order valence-electron chi connectivity index (χ3n) is 2.22. The van der Waals surface area contributed by atoms with Crippen LogP contribution in [0.2, 0.25) is 0 Å². The van der Waals surface area contributed by atoms with E-state index in [0.29, 0.717) is 18.1 Å². The van der Waals surface area contributed by atoms with Gasteiger partial charge >= 0.3 is 0 Å². The van der Waals surface area contributed by atoms with Crippen molar-refractivity contribution in [2.45, 2.75) is 13.5 Å². The third kappa shape index (κ3) is 2.48. The maximum absolute atomic E-state index is 5.77. The van der Waals surface area contributed by atoms with Gasteiger partial charge in [0.1, 0.15) is 5.82 Å². The average molecular weight is 214 g/mol. The smallest absolute Gasteiger partial charge is 0.149 e. The number of pyridine rings is 2. The minimum atomic E-state index is 0.628. The molecule has 0 fully saturated rings. The average Bonchev–Trinajstić information content (AvgIpc) is 2.28. The van der Waals surface area contributed by atoms with E-state index in [4.69, 9.17) is 5.73 Å². The van der Waals surface area contributed by atoms with Gasteiger partial charge in [-0.3, -0.25) is 4.98 Å². The first kappa shape index (κ1) is 10.4. The van der Waals surface area contributed by atoms with Crippen molar-refractivity contribution in [3.05, 3.63) is 47.9 Å². The van der Waals surface area contributed by atoms with Crippen molar-refractivity contribution in [2.24, 2.45) is 0 Å². The number of aryl methyl sites for hydroxylation is 1. The molecule has 2 aromatic heterocycles. The number of rotatable bonds is 3. The molecule has 16 heavy (non-hydrogen) atoms. The van der Waals surface area contributed by atoms with E-state index in [9.17, 15) is 0 Å². The summed E-state index contributed by atoms with van der Waals surface area (Å²) < 4.78 is 0. The number of nitrogens with two attached hydrogens (primary N) is 1. The molecule has 0 aliphatic rings. The van der Waals surface area contributed by atoms with Crippen molar-refractivity contribution in [3.8, 4) is 0 Å². The van der Waals surface area contributed by atoms with Crippen molar-refractivity contribution in [2.75, 3.05) is 11.1 Å². The highest BCUT2D eigenvalue weighted by atomic mass is 15.0. The molecule has 0 bridgehead atoms. The molecule has 2 aromatic rings. The predicted molar refractivity (Wildman–Crippen MR) is 65.0 cm³/mol. The highest BCUT2D eigenvalue weighted by molar-refractivity contribution is 5.60. The Bertz CT molecular complexity index is 482. The van der Waals surface area contributed by atoms with Gasteiger partial charge in [-0.25, -0.2) is 4.98 Å². The molecule has 4 heteroatoms. The molecule has 4 nitrogen and oxygen atoms in total. The second-order valence-electron chi connectivity index (χ2n) is 3.57. The van der Waals surface area contributed by atoms with Crippen molar-refractivity contribution >= 4 is 11.5 Å². The highest BCUT2D eigenvalue weighted by Gasteiger charge is 1.99. The molecule has 0 aliphatic carbocycles. The molecule has 2 rings (SSSR count). The lowest BCUT2D eigenvalue weighted by Crippen LogP contribution is -2.05. The lowest BCUT2D eigenvalue weighted by molar-refractivity contribution is 1.00. The summed E-state index contributed by atoms with van der Waals surface area (Å²) in [5.74, 6) is 0.700. The van der Waals surface area contributed by atoms with Crippen molar-refractivity contribution in [3.63, 3.8) is 0 Å². The molecular formula is C12H14N4. The van der Waals surface area contributed by atoms with Crippen LogP contribution in [0.5, 0.6) is 0 Å². The second kappa shape index (κ2) is 4.61. The molecule has 0 saturated carbocycles. The fourth-order valence-corrected chi connectivity index (χ4v) is 1.44. The molecule has 0 aromatic carbocycles. The van der Waals surface area contributed by atoms with E-state index < -0.39 is 0 Å². The van der Waals surface area contributed by atoms with Gasteiger partial charge in [0, 0.05) is 11.9 Å². The van der Waals surface area contributed by atoms with Crippen LogP contribution in [0.4, 0.5) is 11.5 Å². The van der Waals surface area contributed by atoms with Gasteiger partial charge in [-0.1, -0.05) is 6.07 Å². The van der Waals surface area contributed by atoms with Crippen LogP contribution in [0.1, 0.15) is 11.4 Å². The van der Waals surface area contributed by atoms with Gasteiger partial charge in [0.2, 0.25) is 0 Å². The van der Waals surface area contributed by atoms with Crippen LogP contribution in [0.15, 0.2) is 36.5 Å². The fourth-order valence-electron chi connectivity index (χ4n) is 1.44. The normalized spacial score (nSPS) is 10.1. The number of aromatic nitrogens is 2. The van der Waals surface area contributed by atoms with Crippen molar-refractivity contribution in [1.29, 1.82) is 0 Å². The van der Waals surface area contributed by atoms with E-state index in [2.05, 4.69) is 15.3 Å². The Labute approximate surface area is 94.5 Å². The first-order valence-electron chi connectivity index (χ1n) is 5.12. The number of anilines is 2. The Morgan fingerprint density at radius 2 is 2.12 bits per heavy atom. The van der Waals surface area contributed by atoms with Crippen LogP contribution in [0.25, 0.3) is 0 Å². The summed E-state index contributed by atoms with van der Waals surface area (Å²) in [7, 11) is 0. The van der Waals surface area contributed by atoms with Gasteiger partial charge in [-0.15, -0.1) is 0 Å². The van der Waals surface area contributed by atoms with Gasteiger partial charge in [0.15, 0.2) is 0 Å². The van der Waals surface area contributed by atoms with Crippen LogP contribution < -0.4 is 11.1 Å². The largest absolute Gasteiger partial charge is 0.396 e. The van der Waals surface area contributed by atoms with Gasteiger partial charge in [0.25, 0.3) is 0 Å². The van der Waals surface area contributed by atoms with Crippen LogP contribution >= 0.6 is 0 Å². The molecule has 2 heterocycles. The standard InChI is InChI=1S/C12H14N4/c1-9-4-2-5-10(16-9)8-15-12-11(13)6-3-7-14-12/h2-7H,8,13H2,1H3,(H,14,15). The quantitative estimate of drug-likeness (QED) is 0.820. The Balaban J connectivity index is 2.05. The fraction of sp³-hybridized carbons (Fsp3) is 0.167. The minimum Gasteiger partial charge on any atom is -0.396 e. The molecular weight excluding hydrogens is 200 g/mol. The molecule has 0 unspecified atom stereocenters. The van der Waals surface area contributed by atoms with E-state index in [-0.39, 0.29) is 0 Å². The van der Waals surface area contributed by atoms with Crippen molar-refractivity contribution < 1.29 is 0 Å². The zero-order chi connectivity index (χ0) is 11.4. The SMILES string of the molecule is Cc1cccc(CNc2ncccc2N)n1. The molecule has 0 radical (unpaired) electrons.